The third kappa shape index (κ3) is 4.72. The normalized spacial score (nSPS) is 11.5. The molecule has 124 valence electrons. The quantitative estimate of drug-likeness (QED) is 0.840. The number of nitrogens with one attached hydrogen (secondary N) is 1. The topological polar surface area (TPSA) is 46.9 Å². The molecule has 0 aliphatic heterocycles. The maximum Gasteiger partial charge on any atom is 0.416 e. The molecule has 4 nitrogen and oxygen atoms in total. The summed E-state index contributed by atoms with van der Waals surface area (Å²) in [6, 6.07) is 4.33. The molecule has 1 aromatic heterocycles. The molecule has 1 amide bonds. The molecule has 1 N–H and O–H groups in total. The fourth-order valence-electron chi connectivity index (χ4n) is 1.99. The number of benzene rings is 1. The van der Waals surface area contributed by atoms with E-state index in [0.717, 1.165) is 17.8 Å². The fraction of sp³-hybridized carbons (Fsp3) is 0.333. The van der Waals surface area contributed by atoms with Gasteiger partial charge < -0.3 is 5.32 Å². The molecule has 0 spiro atoms. The summed E-state index contributed by atoms with van der Waals surface area (Å²) in [6.07, 6.45) is -2.19. The van der Waals surface area contributed by atoms with Crippen molar-refractivity contribution in [1.29, 1.82) is 0 Å². The van der Waals surface area contributed by atoms with E-state index in [-0.39, 0.29) is 5.56 Å². The first-order valence-electron chi connectivity index (χ1n) is 6.92. The molecule has 0 unspecified atom stereocenters. The van der Waals surface area contributed by atoms with Gasteiger partial charge in [0.15, 0.2) is 0 Å². The molecule has 0 aliphatic rings. The van der Waals surface area contributed by atoms with Crippen molar-refractivity contribution in [2.45, 2.75) is 26.1 Å². The number of aryl methyl sites for hydroxylation is 2. The second-order valence-electron chi connectivity index (χ2n) is 5.01. The van der Waals surface area contributed by atoms with Crippen molar-refractivity contribution in [3.8, 4) is 0 Å². The van der Waals surface area contributed by atoms with Gasteiger partial charge in [-0.15, -0.1) is 0 Å². The number of nitrogens with zero attached hydrogens (tertiary/aromatic N) is 2. The van der Waals surface area contributed by atoms with Gasteiger partial charge in [-0.1, -0.05) is 17.7 Å². The van der Waals surface area contributed by atoms with Crippen LogP contribution in [0.4, 0.5) is 13.2 Å². The van der Waals surface area contributed by atoms with Gasteiger partial charge in [0, 0.05) is 24.8 Å². The molecule has 0 fully saturated rings. The molecule has 2 aromatic rings. The first-order chi connectivity index (χ1) is 10.8. The Labute approximate surface area is 136 Å². The second-order valence-corrected chi connectivity index (χ2v) is 5.42. The molecular formula is C15H15ClF3N3O. The van der Waals surface area contributed by atoms with Crippen LogP contribution in [-0.4, -0.2) is 22.2 Å². The molecule has 8 heteroatoms. The van der Waals surface area contributed by atoms with Gasteiger partial charge in [0.1, 0.15) is 0 Å². The van der Waals surface area contributed by atoms with E-state index in [1.54, 1.807) is 17.8 Å². The molecule has 0 radical (unpaired) electrons. The third-order valence-corrected chi connectivity index (χ3v) is 3.56. The Morgan fingerprint density at radius 3 is 2.74 bits per heavy atom. The Bertz CT molecular complexity index is 678. The zero-order valence-electron chi connectivity index (χ0n) is 12.3. The van der Waals surface area contributed by atoms with E-state index >= 15 is 0 Å². The van der Waals surface area contributed by atoms with Gasteiger partial charge in [-0.3, -0.25) is 9.48 Å². The molecular weight excluding hydrogens is 331 g/mol. The molecule has 2 rings (SSSR count). The molecule has 0 aliphatic carbocycles. The molecule has 1 heterocycles. The third-order valence-electron chi connectivity index (χ3n) is 3.19. The van der Waals surface area contributed by atoms with Crippen molar-refractivity contribution in [1.82, 2.24) is 15.1 Å². The predicted octanol–water partition coefficient (Wildman–Crippen LogP) is 3.68. The van der Waals surface area contributed by atoms with Gasteiger partial charge in [-0.2, -0.15) is 18.3 Å². The van der Waals surface area contributed by atoms with Crippen LogP contribution in [0.3, 0.4) is 0 Å². The summed E-state index contributed by atoms with van der Waals surface area (Å²) in [5, 5.41) is 7.33. The Morgan fingerprint density at radius 2 is 2.13 bits per heavy atom. The number of hydrogen-bond acceptors (Lipinski definition) is 2. The van der Waals surface area contributed by atoms with Crippen molar-refractivity contribution >= 4 is 17.5 Å². The fourth-order valence-corrected chi connectivity index (χ4v) is 2.14. The van der Waals surface area contributed by atoms with Crippen molar-refractivity contribution in [2.24, 2.45) is 0 Å². The number of carbonyl (C=O) groups excluding carboxylic acids is 1. The summed E-state index contributed by atoms with van der Waals surface area (Å²) >= 11 is 5.88. The van der Waals surface area contributed by atoms with Crippen LogP contribution in [0.1, 0.15) is 28.0 Å². The van der Waals surface area contributed by atoms with E-state index < -0.39 is 17.6 Å². The van der Waals surface area contributed by atoms with Crippen LogP contribution in [0, 0.1) is 6.92 Å². The summed E-state index contributed by atoms with van der Waals surface area (Å²) in [4.78, 5) is 11.9. The van der Waals surface area contributed by atoms with E-state index in [1.165, 1.54) is 12.1 Å². The van der Waals surface area contributed by atoms with Crippen LogP contribution in [-0.2, 0) is 12.7 Å². The van der Waals surface area contributed by atoms with E-state index in [0.29, 0.717) is 24.5 Å². The minimum absolute atomic E-state index is 0.0159. The molecule has 0 saturated heterocycles. The number of aromatic nitrogens is 2. The standard InChI is InChI=1S/C15H15ClF3N3O/c1-10-13(16)9-22(21-10)7-3-6-20-14(23)11-4-2-5-12(8-11)15(17,18)19/h2,4-5,8-9H,3,6-7H2,1H3,(H,20,23). The number of halogens is 4. The van der Waals surface area contributed by atoms with Crippen molar-refractivity contribution in [3.63, 3.8) is 0 Å². The van der Waals surface area contributed by atoms with Gasteiger partial charge in [-0.25, -0.2) is 0 Å². The summed E-state index contributed by atoms with van der Waals surface area (Å²) in [5.74, 6) is -0.536. The van der Waals surface area contributed by atoms with Crippen LogP contribution in [0.15, 0.2) is 30.5 Å². The lowest BCUT2D eigenvalue weighted by molar-refractivity contribution is -0.137. The first-order valence-corrected chi connectivity index (χ1v) is 7.30. The number of alkyl halides is 3. The SMILES string of the molecule is Cc1nn(CCCNC(=O)c2cccc(C(F)(F)F)c2)cc1Cl. The monoisotopic (exact) mass is 345 g/mol. The van der Waals surface area contributed by atoms with E-state index in [2.05, 4.69) is 10.4 Å². The van der Waals surface area contributed by atoms with Crippen molar-refractivity contribution in [3.05, 3.63) is 52.3 Å². The van der Waals surface area contributed by atoms with E-state index in [9.17, 15) is 18.0 Å². The highest BCUT2D eigenvalue weighted by Gasteiger charge is 2.30. The minimum atomic E-state index is -4.46. The average Bonchev–Trinajstić information content (AvgIpc) is 2.81. The van der Waals surface area contributed by atoms with Crippen LogP contribution in [0.5, 0.6) is 0 Å². The van der Waals surface area contributed by atoms with Gasteiger partial charge in [-0.05, 0) is 31.5 Å². The Kier molecular flexibility index (Phi) is 5.30. The average molecular weight is 346 g/mol. The highest BCUT2D eigenvalue weighted by atomic mass is 35.5. The molecule has 0 saturated carbocycles. The Hall–Kier alpha value is -2.02. The van der Waals surface area contributed by atoms with E-state index in [4.69, 9.17) is 11.6 Å². The molecule has 0 bridgehead atoms. The van der Waals surface area contributed by atoms with Gasteiger partial charge >= 0.3 is 6.18 Å². The second kappa shape index (κ2) is 7.04. The van der Waals surface area contributed by atoms with Gasteiger partial charge in [0.05, 0.1) is 16.3 Å². The van der Waals surface area contributed by atoms with Gasteiger partial charge in [0.2, 0.25) is 0 Å². The Balaban J connectivity index is 1.85. The molecule has 1 aromatic carbocycles. The summed E-state index contributed by atoms with van der Waals surface area (Å²) in [6.45, 7) is 2.66. The highest BCUT2D eigenvalue weighted by molar-refractivity contribution is 6.31. The zero-order chi connectivity index (χ0) is 17.0. The Morgan fingerprint density at radius 1 is 1.39 bits per heavy atom. The van der Waals surface area contributed by atoms with Crippen molar-refractivity contribution in [2.75, 3.05) is 6.54 Å². The number of amides is 1. The maximum atomic E-state index is 12.6. The molecule has 0 atom stereocenters. The van der Waals surface area contributed by atoms with Crippen LogP contribution in [0.25, 0.3) is 0 Å². The van der Waals surface area contributed by atoms with Crippen LogP contribution >= 0.6 is 11.6 Å². The smallest absolute Gasteiger partial charge is 0.352 e. The van der Waals surface area contributed by atoms with Gasteiger partial charge in [0.25, 0.3) is 5.91 Å². The lowest BCUT2D eigenvalue weighted by atomic mass is 10.1. The largest absolute Gasteiger partial charge is 0.416 e. The number of rotatable bonds is 5. The first kappa shape index (κ1) is 17.3. The van der Waals surface area contributed by atoms with Crippen LogP contribution in [0.2, 0.25) is 5.02 Å². The number of carbonyl (C=O) groups is 1. The minimum Gasteiger partial charge on any atom is -0.352 e. The summed E-state index contributed by atoms with van der Waals surface area (Å²) in [5.41, 5.74) is -0.135. The molecule has 23 heavy (non-hydrogen) atoms. The lowest BCUT2D eigenvalue weighted by Crippen LogP contribution is -2.25. The highest BCUT2D eigenvalue weighted by Crippen LogP contribution is 2.29. The predicted molar refractivity (Wildman–Crippen MR) is 80.4 cm³/mol. The summed E-state index contributed by atoms with van der Waals surface area (Å²) < 4.78 is 39.5. The van der Waals surface area contributed by atoms with E-state index in [1.807, 2.05) is 0 Å². The number of hydrogen-bond donors (Lipinski definition) is 1. The zero-order valence-corrected chi connectivity index (χ0v) is 13.1. The summed E-state index contributed by atoms with van der Waals surface area (Å²) in [7, 11) is 0. The van der Waals surface area contributed by atoms with Crippen molar-refractivity contribution < 1.29 is 18.0 Å². The van der Waals surface area contributed by atoms with Crippen LogP contribution < -0.4 is 5.32 Å². The maximum absolute atomic E-state index is 12.6. The lowest BCUT2D eigenvalue weighted by Gasteiger charge is -2.09.